The van der Waals surface area contributed by atoms with Crippen LogP contribution in [0.25, 0.3) is 0 Å². The molecule has 0 spiro atoms. The van der Waals surface area contributed by atoms with Gasteiger partial charge in [-0.2, -0.15) is 0 Å². The first kappa shape index (κ1) is 8.00. The first-order valence-electron chi connectivity index (χ1n) is 3.13. The van der Waals surface area contributed by atoms with Gasteiger partial charge in [0.25, 0.3) is 0 Å². The highest BCUT2D eigenvalue weighted by atomic mass is 14.2. The second-order valence-corrected chi connectivity index (χ2v) is 3.11. The van der Waals surface area contributed by atoms with Crippen molar-refractivity contribution in [3.05, 3.63) is 13.3 Å². The highest BCUT2D eigenvalue weighted by Gasteiger charge is 2.17. The van der Waals surface area contributed by atoms with Gasteiger partial charge in [-0.25, -0.2) is 0 Å². The van der Waals surface area contributed by atoms with Crippen molar-refractivity contribution < 1.29 is 0 Å². The maximum absolute atomic E-state index is 4.01. The normalized spacial score (nSPS) is 16.1. The van der Waals surface area contributed by atoms with Crippen molar-refractivity contribution in [2.75, 3.05) is 0 Å². The molecule has 0 saturated carbocycles. The predicted octanol–water partition coefficient (Wildman–Crippen LogP) is 2.71. The fourth-order valence-corrected chi connectivity index (χ4v) is 0.451. The molecular formula is C8H16. The van der Waals surface area contributed by atoms with Gasteiger partial charge in [0.15, 0.2) is 0 Å². The molecule has 0 N–H and O–H groups in total. The zero-order valence-electron chi connectivity index (χ0n) is 6.36. The summed E-state index contributed by atoms with van der Waals surface area (Å²) in [5, 5.41) is 0. The summed E-state index contributed by atoms with van der Waals surface area (Å²) in [7, 11) is 0. The molecule has 0 saturated heterocycles. The quantitative estimate of drug-likeness (QED) is 0.515. The molecule has 0 aliphatic heterocycles. The molecule has 0 aromatic heterocycles. The van der Waals surface area contributed by atoms with Crippen molar-refractivity contribution in [1.82, 2.24) is 0 Å². The fraction of sp³-hybridized carbons (Fsp3) is 0.750. The SMILES string of the molecule is [CH2]C(C)(C)C(C)[CH]C. The standard InChI is InChI=1S/C8H16/c1-6-7(2)8(3,4)5/h6-7H,3H2,1-2,4-5H3. The van der Waals surface area contributed by atoms with E-state index in [-0.39, 0.29) is 5.41 Å². The van der Waals surface area contributed by atoms with Crippen LogP contribution < -0.4 is 0 Å². The lowest BCUT2D eigenvalue weighted by Gasteiger charge is -2.25. The number of hydrogen-bond donors (Lipinski definition) is 0. The maximum atomic E-state index is 4.01. The molecule has 0 heteroatoms. The molecule has 8 heavy (non-hydrogen) atoms. The van der Waals surface area contributed by atoms with Crippen LogP contribution in [-0.2, 0) is 0 Å². The first-order chi connectivity index (χ1) is 3.48. The summed E-state index contributed by atoms with van der Waals surface area (Å²) >= 11 is 0. The van der Waals surface area contributed by atoms with Crippen molar-refractivity contribution >= 4 is 0 Å². The third-order valence-corrected chi connectivity index (χ3v) is 1.73. The van der Waals surface area contributed by atoms with Gasteiger partial charge in [-0.15, -0.1) is 0 Å². The Bertz CT molecular complexity index is 56.9. The Balaban J connectivity index is 3.62. The number of hydrogen-bond acceptors (Lipinski definition) is 0. The zero-order valence-corrected chi connectivity index (χ0v) is 6.36. The molecule has 0 aromatic rings. The summed E-state index contributed by atoms with van der Waals surface area (Å²) < 4.78 is 0. The zero-order chi connectivity index (χ0) is 6.78. The largest absolute Gasteiger partial charge is 0.0620 e. The first-order valence-corrected chi connectivity index (χ1v) is 3.13. The van der Waals surface area contributed by atoms with Crippen molar-refractivity contribution in [3.8, 4) is 0 Å². The van der Waals surface area contributed by atoms with Crippen LogP contribution in [0.5, 0.6) is 0 Å². The van der Waals surface area contributed by atoms with Crippen LogP contribution in [0, 0.1) is 24.7 Å². The molecule has 48 valence electrons. The molecule has 0 aliphatic rings. The van der Waals surface area contributed by atoms with Gasteiger partial charge in [0.1, 0.15) is 0 Å². The van der Waals surface area contributed by atoms with Crippen LogP contribution in [-0.4, -0.2) is 0 Å². The summed E-state index contributed by atoms with van der Waals surface area (Å²) in [6.45, 7) is 12.6. The van der Waals surface area contributed by atoms with E-state index in [0.29, 0.717) is 5.92 Å². The van der Waals surface area contributed by atoms with E-state index < -0.39 is 0 Å². The van der Waals surface area contributed by atoms with E-state index in [2.05, 4.69) is 41.0 Å². The van der Waals surface area contributed by atoms with Crippen LogP contribution in [0.1, 0.15) is 27.7 Å². The van der Waals surface area contributed by atoms with Crippen LogP contribution in [0.15, 0.2) is 0 Å². The summed E-state index contributed by atoms with van der Waals surface area (Å²) in [6.07, 6.45) is 2.19. The maximum Gasteiger partial charge on any atom is -0.0326 e. The molecule has 0 rings (SSSR count). The van der Waals surface area contributed by atoms with Gasteiger partial charge < -0.3 is 0 Å². The lowest BCUT2D eigenvalue weighted by Crippen LogP contribution is -2.16. The van der Waals surface area contributed by atoms with Gasteiger partial charge in [0.05, 0.1) is 0 Å². The van der Waals surface area contributed by atoms with E-state index in [4.69, 9.17) is 0 Å². The van der Waals surface area contributed by atoms with Gasteiger partial charge in [0, 0.05) is 0 Å². The van der Waals surface area contributed by atoms with Crippen LogP contribution in [0.3, 0.4) is 0 Å². The van der Waals surface area contributed by atoms with E-state index in [1.54, 1.807) is 0 Å². The molecular weight excluding hydrogens is 96.1 g/mol. The van der Waals surface area contributed by atoms with Gasteiger partial charge >= 0.3 is 0 Å². The van der Waals surface area contributed by atoms with E-state index >= 15 is 0 Å². The molecule has 0 nitrogen and oxygen atoms in total. The summed E-state index contributed by atoms with van der Waals surface area (Å²) in [5.41, 5.74) is 0.203. The Morgan fingerprint density at radius 3 is 1.88 bits per heavy atom. The third kappa shape index (κ3) is 2.34. The Morgan fingerprint density at radius 2 is 1.88 bits per heavy atom. The Morgan fingerprint density at radius 1 is 1.50 bits per heavy atom. The Labute approximate surface area is 53.3 Å². The van der Waals surface area contributed by atoms with Gasteiger partial charge in [-0.3, -0.25) is 0 Å². The predicted molar refractivity (Wildman–Crippen MR) is 38.3 cm³/mol. The van der Waals surface area contributed by atoms with Crippen molar-refractivity contribution in [2.24, 2.45) is 11.3 Å². The van der Waals surface area contributed by atoms with E-state index in [1.165, 1.54) is 0 Å². The molecule has 1 atom stereocenters. The monoisotopic (exact) mass is 112 g/mol. The van der Waals surface area contributed by atoms with Gasteiger partial charge in [0.2, 0.25) is 0 Å². The van der Waals surface area contributed by atoms with Crippen molar-refractivity contribution in [3.63, 3.8) is 0 Å². The molecule has 0 aliphatic carbocycles. The molecule has 0 bridgehead atoms. The van der Waals surface area contributed by atoms with Gasteiger partial charge in [-0.1, -0.05) is 27.7 Å². The molecule has 2 radical (unpaired) electrons. The average molecular weight is 112 g/mol. The van der Waals surface area contributed by atoms with Crippen molar-refractivity contribution in [1.29, 1.82) is 0 Å². The topological polar surface area (TPSA) is 0 Å². The molecule has 1 unspecified atom stereocenters. The third-order valence-electron chi connectivity index (χ3n) is 1.73. The van der Waals surface area contributed by atoms with Crippen LogP contribution in [0.2, 0.25) is 0 Å². The lowest BCUT2D eigenvalue weighted by atomic mass is 9.81. The summed E-state index contributed by atoms with van der Waals surface area (Å²) in [6, 6.07) is 0. The smallest absolute Gasteiger partial charge is 0.0326 e. The molecule has 0 aromatic carbocycles. The summed E-state index contributed by atoms with van der Waals surface area (Å²) in [4.78, 5) is 0. The molecule has 0 heterocycles. The number of rotatable bonds is 2. The minimum absolute atomic E-state index is 0.203. The lowest BCUT2D eigenvalue weighted by molar-refractivity contribution is 0.343. The van der Waals surface area contributed by atoms with Crippen molar-refractivity contribution in [2.45, 2.75) is 27.7 Å². The minimum atomic E-state index is 0.203. The molecule has 0 fully saturated rings. The van der Waals surface area contributed by atoms with Gasteiger partial charge in [-0.05, 0) is 24.7 Å². The second-order valence-electron chi connectivity index (χ2n) is 3.11. The fourth-order valence-electron chi connectivity index (χ4n) is 0.451. The minimum Gasteiger partial charge on any atom is -0.0620 e. The Kier molecular flexibility index (Phi) is 2.52. The van der Waals surface area contributed by atoms with Crippen LogP contribution >= 0.6 is 0 Å². The summed E-state index contributed by atoms with van der Waals surface area (Å²) in [5.74, 6) is 0.613. The van der Waals surface area contributed by atoms with Crippen LogP contribution in [0.4, 0.5) is 0 Å². The highest BCUT2D eigenvalue weighted by Crippen LogP contribution is 2.26. The van der Waals surface area contributed by atoms with E-state index in [9.17, 15) is 0 Å². The molecule has 0 amide bonds. The Hall–Kier alpha value is 0. The van der Waals surface area contributed by atoms with E-state index in [0.717, 1.165) is 0 Å². The average Bonchev–Trinajstić information content (AvgIpc) is 1.62. The highest BCUT2D eigenvalue weighted by molar-refractivity contribution is 4.83. The second kappa shape index (κ2) is 2.52. The van der Waals surface area contributed by atoms with E-state index in [1.807, 2.05) is 0 Å².